The maximum atomic E-state index is 13.4. The molecule has 4 aromatic rings. The van der Waals surface area contributed by atoms with Crippen molar-refractivity contribution >= 4 is 11.6 Å². The van der Waals surface area contributed by atoms with Gasteiger partial charge in [-0.25, -0.2) is 4.68 Å². The van der Waals surface area contributed by atoms with E-state index in [1.54, 1.807) is 7.05 Å². The third-order valence-corrected chi connectivity index (χ3v) is 5.20. The predicted octanol–water partition coefficient (Wildman–Crippen LogP) is 4.93. The van der Waals surface area contributed by atoms with Crippen LogP contribution in [0, 0.1) is 0 Å². The average molecular weight is 409 g/mol. The average Bonchev–Trinajstić information content (AvgIpc) is 2.82. The van der Waals surface area contributed by atoms with Crippen molar-refractivity contribution in [1.82, 2.24) is 9.78 Å². The largest absolute Gasteiger partial charge is 0.322 e. The Kier molecular flexibility index (Phi) is 5.76. The molecule has 0 spiro atoms. The molecular weight excluding hydrogens is 386 g/mol. The van der Waals surface area contributed by atoms with Gasteiger partial charge in [0.25, 0.3) is 11.5 Å². The summed E-state index contributed by atoms with van der Waals surface area (Å²) in [7, 11) is 1.57. The van der Waals surface area contributed by atoms with E-state index in [0.717, 1.165) is 17.5 Å². The molecule has 0 aliphatic rings. The third-order valence-electron chi connectivity index (χ3n) is 5.20. The third kappa shape index (κ3) is 4.16. The van der Waals surface area contributed by atoms with Gasteiger partial charge in [-0.1, -0.05) is 79.7 Å². The minimum Gasteiger partial charge on any atom is -0.322 e. The standard InChI is InChI=1S/C26H23N3O2/c1-3-18-14-16-21(17-15-18)27-25(30)23-22(19-10-6-4-7-11-19)24(28-29(2)26(23)31)20-12-8-5-9-13-20/h4-17H,3H2,1-2H3,(H,27,30). The fraction of sp³-hybridized carbons (Fsp3) is 0.115. The predicted molar refractivity (Wildman–Crippen MR) is 124 cm³/mol. The monoisotopic (exact) mass is 409 g/mol. The van der Waals surface area contributed by atoms with E-state index in [2.05, 4.69) is 17.3 Å². The first kappa shape index (κ1) is 20.3. The van der Waals surface area contributed by atoms with Crippen LogP contribution in [0.4, 0.5) is 5.69 Å². The van der Waals surface area contributed by atoms with Crippen LogP contribution in [-0.2, 0) is 13.5 Å². The second-order valence-corrected chi connectivity index (χ2v) is 7.26. The number of rotatable bonds is 5. The molecule has 3 aromatic carbocycles. The Hall–Kier alpha value is -3.99. The molecule has 1 amide bonds. The normalized spacial score (nSPS) is 10.6. The van der Waals surface area contributed by atoms with Crippen LogP contribution in [-0.4, -0.2) is 15.7 Å². The molecule has 0 atom stereocenters. The Bertz CT molecular complexity index is 1260. The first-order chi connectivity index (χ1) is 15.1. The zero-order chi connectivity index (χ0) is 21.8. The van der Waals surface area contributed by atoms with Crippen molar-refractivity contribution in [1.29, 1.82) is 0 Å². The maximum absolute atomic E-state index is 13.4. The lowest BCUT2D eigenvalue weighted by molar-refractivity contribution is 0.102. The molecule has 0 unspecified atom stereocenters. The zero-order valence-electron chi connectivity index (χ0n) is 17.5. The molecule has 0 aliphatic carbocycles. The highest BCUT2D eigenvalue weighted by atomic mass is 16.2. The van der Waals surface area contributed by atoms with Crippen LogP contribution < -0.4 is 10.9 Å². The summed E-state index contributed by atoms with van der Waals surface area (Å²) in [6.45, 7) is 2.07. The van der Waals surface area contributed by atoms with Crippen molar-refractivity contribution in [3.05, 3.63) is 106 Å². The molecule has 0 fully saturated rings. The lowest BCUT2D eigenvalue weighted by Crippen LogP contribution is -2.31. The number of carbonyl (C=O) groups is 1. The van der Waals surface area contributed by atoms with Crippen molar-refractivity contribution in [2.75, 3.05) is 5.32 Å². The molecule has 1 N–H and O–H groups in total. The number of hydrogen-bond donors (Lipinski definition) is 1. The van der Waals surface area contributed by atoms with Crippen LogP contribution in [0.1, 0.15) is 22.8 Å². The number of anilines is 1. The van der Waals surface area contributed by atoms with Crippen molar-refractivity contribution in [3.63, 3.8) is 0 Å². The van der Waals surface area contributed by atoms with E-state index in [1.807, 2.05) is 84.9 Å². The van der Waals surface area contributed by atoms with E-state index in [-0.39, 0.29) is 5.56 Å². The SMILES string of the molecule is CCc1ccc(NC(=O)c2c(-c3ccccc3)c(-c3ccccc3)nn(C)c2=O)cc1. The Morgan fingerprint density at radius 3 is 2.03 bits per heavy atom. The van der Waals surface area contributed by atoms with Gasteiger partial charge in [0.2, 0.25) is 0 Å². The Balaban J connectivity index is 1.90. The number of benzene rings is 3. The van der Waals surface area contributed by atoms with Crippen LogP contribution in [0.2, 0.25) is 0 Å². The molecule has 154 valence electrons. The first-order valence-corrected chi connectivity index (χ1v) is 10.2. The summed E-state index contributed by atoms with van der Waals surface area (Å²) in [6, 6.07) is 26.6. The van der Waals surface area contributed by atoms with Gasteiger partial charge in [0.05, 0.1) is 5.69 Å². The van der Waals surface area contributed by atoms with E-state index < -0.39 is 11.5 Å². The second-order valence-electron chi connectivity index (χ2n) is 7.26. The molecule has 0 aliphatic heterocycles. The van der Waals surface area contributed by atoms with Crippen molar-refractivity contribution in [3.8, 4) is 22.4 Å². The van der Waals surface area contributed by atoms with Gasteiger partial charge in [0.1, 0.15) is 5.56 Å². The molecular formula is C26H23N3O2. The summed E-state index contributed by atoms with van der Waals surface area (Å²) in [5.41, 5.74) is 4.15. The van der Waals surface area contributed by atoms with Crippen LogP contribution in [0.15, 0.2) is 89.7 Å². The summed E-state index contributed by atoms with van der Waals surface area (Å²) in [4.78, 5) is 26.5. The number of nitrogens with zero attached hydrogens (tertiary/aromatic N) is 2. The summed E-state index contributed by atoms with van der Waals surface area (Å²) in [5.74, 6) is -0.455. The number of amides is 1. The lowest BCUT2D eigenvalue weighted by Gasteiger charge is -2.16. The number of aromatic nitrogens is 2. The molecule has 0 bridgehead atoms. The van der Waals surface area contributed by atoms with Gasteiger partial charge in [0.15, 0.2) is 0 Å². The van der Waals surface area contributed by atoms with E-state index >= 15 is 0 Å². The molecule has 31 heavy (non-hydrogen) atoms. The minimum absolute atomic E-state index is 0.0714. The smallest absolute Gasteiger partial charge is 0.280 e. The fourth-order valence-electron chi connectivity index (χ4n) is 3.54. The molecule has 1 aromatic heterocycles. The van der Waals surface area contributed by atoms with E-state index in [0.29, 0.717) is 16.9 Å². The molecule has 1 heterocycles. The van der Waals surface area contributed by atoms with Gasteiger partial charge in [0, 0.05) is 23.9 Å². The molecule has 5 heteroatoms. The van der Waals surface area contributed by atoms with Gasteiger partial charge in [-0.3, -0.25) is 9.59 Å². The van der Waals surface area contributed by atoms with E-state index in [9.17, 15) is 9.59 Å². The summed E-state index contributed by atoms with van der Waals surface area (Å²) in [5, 5.41) is 7.40. The van der Waals surface area contributed by atoms with Crippen molar-refractivity contribution < 1.29 is 4.79 Å². The van der Waals surface area contributed by atoms with E-state index in [4.69, 9.17) is 0 Å². The highest BCUT2D eigenvalue weighted by Crippen LogP contribution is 2.32. The summed E-state index contributed by atoms with van der Waals surface area (Å²) < 4.78 is 1.23. The number of hydrogen-bond acceptors (Lipinski definition) is 3. The van der Waals surface area contributed by atoms with Gasteiger partial charge < -0.3 is 5.32 Å². The number of carbonyl (C=O) groups excluding carboxylic acids is 1. The van der Waals surface area contributed by atoms with Gasteiger partial charge in [-0.2, -0.15) is 5.10 Å². The Labute approximate surface area is 181 Å². The van der Waals surface area contributed by atoms with Crippen molar-refractivity contribution in [2.45, 2.75) is 13.3 Å². The van der Waals surface area contributed by atoms with Crippen molar-refractivity contribution in [2.24, 2.45) is 7.05 Å². The minimum atomic E-state index is -0.455. The van der Waals surface area contributed by atoms with Crippen LogP contribution >= 0.6 is 0 Å². The topological polar surface area (TPSA) is 64.0 Å². The van der Waals surface area contributed by atoms with E-state index in [1.165, 1.54) is 10.2 Å². The molecule has 0 saturated carbocycles. The van der Waals surface area contributed by atoms with Crippen LogP contribution in [0.25, 0.3) is 22.4 Å². The molecule has 4 rings (SSSR count). The highest BCUT2D eigenvalue weighted by Gasteiger charge is 2.24. The fourth-order valence-corrected chi connectivity index (χ4v) is 3.54. The number of nitrogens with one attached hydrogen (secondary N) is 1. The lowest BCUT2D eigenvalue weighted by atomic mass is 9.95. The van der Waals surface area contributed by atoms with Gasteiger partial charge >= 0.3 is 0 Å². The zero-order valence-corrected chi connectivity index (χ0v) is 17.5. The van der Waals surface area contributed by atoms with Crippen LogP contribution in [0.5, 0.6) is 0 Å². The molecule has 0 radical (unpaired) electrons. The summed E-state index contributed by atoms with van der Waals surface area (Å²) in [6.07, 6.45) is 0.914. The summed E-state index contributed by atoms with van der Waals surface area (Å²) >= 11 is 0. The van der Waals surface area contributed by atoms with Gasteiger partial charge in [-0.15, -0.1) is 0 Å². The van der Waals surface area contributed by atoms with Crippen LogP contribution in [0.3, 0.4) is 0 Å². The Morgan fingerprint density at radius 1 is 0.871 bits per heavy atom. The maximum Gasteiger partial charge on any atom is 0.280 e. The molecule has 5 nitrogen and oxygen atoms in total. The second kappa shape index (κ2) is 8.79. The highest BCUT2D eigenvalue weighted by molar-refractivity contribution is 6.10. The first-order valence-electron chi connectivity index (χ1n) is 10.2. The quantitative estimate of drug-likeness (QED) is 0.508. The van der Waals surface area contributed by atoms with Gasteiger partial charge in [-0.05, 0) is 29.7 Å². The Morgan fingerprint density at radius 2 is 1.45 bits per heavy atom. The molecule has 0 saturated heterocycles. The number of aryl methyl sites for hydroxylation is 2.